The highest BCUT2D eigenvalue weighted by atomic mass is 79.9. The molecule has 0 atom stereocenters. The number of carbonyl (C=O) groups excluding carboxylic acids is 1. The van der Waals surface area contributed by atoms with E-state index >= 15 is 0 Å². The van der Waals surface area contributed by atoms with Crippen LogP contribution in [0.1, 0.15) is 10.5 Å². The van der Waals surface area contributed by atoms with Crippen LogP contribution in [-0.4, -0.2) is 28.5 Å². The van der Waals surface area contributed by atoms with Crippen LogP contribution in [0.5, 0.6) is 0 Å². The summed E-state index contributed by atoms with van der Waals surface area (Å²) in [5.74, 6) is -1.64. The molecule has 0 aliphatic rings. The highest BCUT2D eigenvalue weighted by Gasteiger charge is 2.21. The van der Waals surface area contributed by atoms with Crippen LogP contribution in [0.25, 0.3) is 0 Å². The molecule has 108 valence electrons. The molecule has 0 fully saturated rings. The summed E-state index contributed by atoms with van der Waals surface area (Å²) >= 11 is 9.07. The topological polar surface area (TPSA) is 70.5 Å². The summed E-state index contributed by atoms with van der Waals surface area (Å²) < 4.78 is 0.495. The van der Waals surface area contributed by atoms with E-state index in [2.05, 4.69) is 20.9 Å². The Morgan fingerprint density at radius 1 is 1.24 bits per heavy atom. The lowest BCUT2D eigenvalue weighted by Gasteiger charge is -2.20. The number of carboxylic acid groups (broad SMARTS) is 1. The number of halogens is 2. The van der Waals surface area contributed by atoms with Crippen LogP contribution in [0, 0.1) is 0 Å². The van der Waals surface area contributed by atoms with Gasteiger partial charge in [-0.05, 0) is 46.3 Å². The maximum absolute atomic E-state index is 12.5. The van der Waals surface area contributed by atoms with Gasteiger partial charge in [-0.15, -0.1) is 0 Å². The van der Waals surface area contributed by atoms with Crippen LogP contribution in [0.3, 0.4) is 0 Å². The monoisotopic (exact) mass is 368 g/mol. The molecule has 1 aromatic heterocycles. The molecule has 5 nitrogen and oxygen atoms in total. The molecule has 0 bridgehead atoms. The Hall–Kier alpha value is -1.92. The molecule has 1 heterocycles. The maximum Gasteiger partial charge on any atom is 0.323 e. The number of rotatable bonds is 4. The van der Waals surface area contributed by atoms with Gasteiger partial charge in [0.2, 0.25) is 0 Å². The lowest BCUT2D eigenvalue weighted by Crippen LogP contribution is -2.36. The van der Waals surface area contributed by atoms with Crippen molar-refractivity contribution in [1.82, 2.24) is 4.98 Å². The molecule has 21 heavy (non-hydrogen) atoms. The number of carboxylic acids is 1. The van der Waals surface area contributed by atoms with E-state index in [1.165, 1.54) is 12.1 Å². The summed E-state index contributed by atoms with van der Waals surface area (Å²) in [6, 6.07) is 11.3. The zero-order valence-electron chi connectivity index (χ0n) is 10.7. The minimum Gasteiger partial charge on any atom is -0.480 e. The Morgan fingerprint density at radius 2 is 1.95 bits per heavy atom. The lowest BCUT2D eigenvalue weighted by atomic mass is 10.2. The van der Waals surface area contributed by atoms with Crippen LogP contribution in [0.2, 0.25) is 5.02 Å². The predicted octanol–water partition coefficient (Wildman–Crippen LogP) is 3.23. The van der Waals surface area contributed by atoms with Crippen LogP contribution < -0.4 is 4.90 Å². The summed E-state index contributed by atoms with van der Waals surface area (Å²) in [6.45, 7) is -0.479. The third kappa shape index (κ3) is 4.03. The first-order chi connectivity index (χ1) is 9.97. The molecule has 0 saturated heterocycles. The second-order valence-corrected chi connectivity index (χ2v) is 5.36. The van der Waals surface area contributed by atoms with E-state index in [0.717, 1.165) is 4.90 Å². The minimum absolute atomic E-state index is 0.144. The van der Waals surface area contributed by atoms with Crippen LogP contribution >= 0.6 is 27.5 Å². The lowest BCUT2D eigenvalue weighted by molar-refractivity contribution is -0.135. The fourth-order valence-electron chi connectivity index (χ4n) is 1.73. The SMILES string of the molecule is O=C(O)CN(C(=O)c1cccc(Br)n1)c1cccc(Cl)c1. The van der Waals surface area contributed by atoms with Crippen molar-refractivity contribution in [3.63, 3.8) is 0 Å². The molecule has 2 rings (SSSR count). The molecule has 1 aromatic carbocycles. The van der Waals surface area contributed by atoms with Gasteiger partial charge in [0.15, 0.2) is 0 Å². The van der Waals surface area contributed by atoms with Crippen molar-refractivity contribution in [2.24, 2.45) is 0 Å². The van der Waals surface area contributed by atoms with E-state index in [9.17, 15) is 9.59 Å². The van der Waals surface area contributed by atoms with Crippen molar-refractivity contribution in [3.05, 3.63) is 57.8 Å². The summed E-state index contributed by atoms with van der Waals surface area (Å²) in [5.41, 5.74) is 0.544. The first-order valence-corrected chi connectivity index (χ1v) is 7.06. The van der Waals surface area contributed by atoms with E-state index in [1.807, 2.05) is 0 Å². The number of benzene rings is 1. The average Bonchev–Trinajstić information content (AvgIpc) is 2.44. The van der Waals surface area contributed by atoms with E-state index in [0.29, 0.717) is 15.3 Å². The quantitative estimate of drug-likeness (QED) is 0.840. The Bertz CT molecular complexity index is 693. The molecule has 0 unspecified atom stereocenters. The largest absolute Gasteiger partial charge is 0.480 e. The van der Waals surface area contributed by atoms with Crippen LogP contribution in [0.4, 0.5) is 5.69 Å². The second-order valence-electron chi connectivity index (χ2n) is 4.11. The summed E-state index contributed by atoms with van der Waals surface area (Å²) in [5, 5.41) is 9.42. The van der Waals surface area contributed by atoms with Gasteiger partial charge in [0.1, 0.15) is 16.8 Å². The van der Waals surface area contributed by atoms with Crippen LogP contribution in [0.15, 0.2) is 47.1 Å². The molecule has 1 amide bonds. The van der Waals surface area contributed by atoms with Gasteiger partial charge in [-0.1, -0.05) is 23.7 Å². The summed E-state index contributed by atoms with van der Waals surface area (Å²) in [7, 11) is 0. The molecule has 1 N–H and O–H groups in total. The third-order valence-corrected chi connectivity index (χ3v) is 3.27. The summed E-state index contributed by atoms with van der Waals surface area (Å²) in [6.07, 6.45) is 0. The van der Waals surface area contributed by atoms with Gasteiger partial charge in [0.05, 0.1) is 0 Å². The molecule has 0 radical (unpaired) electrons. The van der Waals surface area contributed by atoms with Gasteiger partial charge in [0, 0.05) is 10.7 Å². The molecule has 2 aromatic rings. The zero-order valence-corrected chi connectivity index (χ0v) is 13.0. The van der Waals surface area contributed by atoms with Crippen molar-refractivity contribution in [3.8, 4) is 0 Å². The van der Waals surface area contributed by atoms with Crippen molar-refractivity contribution in [2.75, 3.05) is 11.4 Å². The van der Waals surface area contributed by atoms with Gasteiger partial charge >= 0.3 is 5.97 Å². The Balaban J connectivity index is 2.40. The Morgan fingerprint density at radius 3 is 2.57 bits per heavy atom. The number of pyridine rings is 1. The number of nitrogens with zero attached hydrogens (tertiary/aromatic N) is 2. The standard InChI is InChI=1S/C14H10BrClN2O3/c15-12-6-2-5-11(17-12)14(21)18(8-13(19)20)10-4-1-3-9(16)7-10/h1-7H,8H2,(H,19,20). The molecule has 0 spiro atoms. The molecular weight excluding hydrogens is 360 g/mol. The van der Waals surface area contributed by atoms with Crippen LogP contribution in [-0.2, 0) is 4.79 Å². The van der Waals surface area contributed by atoms with E-state index in [4.69, 9.17) is 16.7 Å². The highest BCUT2D eigenvalue weighted by molar-refractivity contribution is 9.10. The number of hydrogen-bond donors (Lipinski definition) is 1. The molecular formula is C14H10BrClN2O3. The van der Waals surface area contributed by atoms with E-state index in [1.54, 1.807) is 30.3 Å². The van der Waals surface area contributed by atoms with E-state index in [-0.39, 0.29) is 5.69 Å². The highest BCUT2D eigenvalue weighted by Crippen LogP contribution is 2.21. The molecule has 0 saturated carbocycles. The number of anilines is 1. The fraction of sp³-hybridized carbons (Fsp3) is 0.0714. The first kappa shape index (κ1) is 15.5. The predicted molar refractivity (Wildman–Crippen MR) is 82.7 cm³/mol. The third-order valence-electron chi connectivity index (χ3n) is 2.59. The number of carbonyl (C=O) groups is 2. The van der Waals surface area contributed by atoms with Gasteiger partial charge in [0.25, 0.3) is 5.91 Å². The van der Waals surface area contributed by atoms with Gasteiger partial charge in [-0.3, -0.25) is 14.5 Å². The first-order valence-electron chi connectivity index (χ1n) is 5.89. The number of aromatic nitrogens is 1. The van der Waals surface area contributed by atoms with Crippen molar-refractivity contribution < 1.29 is 14.7 Å². The number of hydrogen-bond acceptors (Lipinski definition) is 3. The molecule has 7 heteroatoms. The number of aliphatic carboxylic acids is 1. The fourth-order valence-corrected chi connectivity index (χ4v) is 2.25. The second kappa shape index (κ2) is 6.69. The summed E-state index contributed by atoms with van der Waals surface area (Å²) in [4.78, 5) is 28.7. The number of amides is 1. The average molecular weight is 370 g/mol. The van der Waals surface area contributed by atoms with Crippen molar-refractivity contribution in [2.45, 2.75) is 0 Å². The molecule has 0 aliphatic carbocycles. The van der Waals surface area contributed by atoms with E-state index < -0.39 is 18.4 Å². The maximum atomic E-state index is 12.5. The van der Waals surface area contributed by atoms with Gasteiger partial charge in [-0.25, -0.2) is 4.98 Å². The van der Waals surface area contributed by atoms with Gasteiger partial charge < -0.3 is 5.11 Å². The smallest absolute Gasteiger partial charge is 0.323 e. The minimum atomic E-state index is -1.13. The Labute approximate surface area is 134 Å². The zero-order chi connectivity index (χ0) is 15.4. The van der Waals surface area contributed by atoms with Crippen molar-refractivity contribution >= 4 is 45.1 Å². The Kier molecular flexibility index (Phi) is 4.93. The normalized spacial score (nSPS) is 10.2. The van der Waals surface area contributed by atoms with Crippen molar-refractivity contribution in [1.29, 1.82) is 0 Å². The molecule has 0 aliphatic heterocycles. The van der Waals surface area contributed by atoms with Gasteiger partial charge in [-0.2, -0.15) is 0 Å².